The fourth-order valence-corrected chi connectivity index (χ4v) is 4.25. The molecule has 0 atom stereocenters. The van der Waals surface area contributed by atoms with Crippen LogP contribution in [0.3, 0.4) is 0 Å². The summed E-state index contributed by atoms with van der Waals surface area (Å²) in [7, 11) is -3.81. The zero-order chi connectivity index (χ0) is 26.5. The summed E-state index contributed by atoms with van der Waals surface area (Å²) in [6.45, 7) is 9.16. The second kappa shape index (κ2) is 10.8. The molecule has 1 amide bonds. The van der Waals surface area contributed by atoms with Crippen molar-refractivity contribution in [3.63, 3.8) is 0 Å². The van der Waals surface area contributed by atoms with E-state index < -0.39 is 21.7 Å². The molecule has 10 heteroatoms. The van der Waals surface area contributed by atoms with Crippen molar-refractivity contribution < 1.29 is 23.1 Å². The maximum Gasteiger partial charge on any atom is 0.407 e. The molecule has 0 bridgehead atoms. The molecule has 0 radical (unpaired) electrons. The summed E-state index contributed by atoms with van der Waals surface area (Å²) in [6.07, 6.45) is -0.524. The Morgan fingerprint density at radius 3 is 2.03 bits per heavy atom. The zero-order valence-corrected chi connectivity index (χ0v) is 21.7. The minimum absolute atomic E-state index is 0.0773. The van der Waals surface area contributed by atoms with Gasteiger partial charge in [-0.25, -0.2) is 13.2 Å². The number of amides is 1. The van der Waals surface area contributed by atoms with Crippen LogP contribution < -0.4 is 10.0 Å². The summed E-state index contributed by atoms with van der Waals surface area (Å²) in [4.78, 5) is 11.9. The Morgan fingerprint density at radius 2 is 1.47 bits per heavy atom. The Balaban J connectivity index is 1.61. The number of nitrogens with one attached hydrogen (secondary N) is 2. The van der Waals surface area contributed by atoms with Gasteiger partial charge in [-0.3, -0.25) is 4.72 Å². The number of anilines is 1. The number of aryl methyl sites for hydroxylation is 2. The van der Waals surface area contributed by atoms with Crippen LogP contribution in [0.4, 0.5) is 21.9 Å². The van der Waals surface area contributed by atoms with Gasteiger partial charge >= 0.3 is 6.09 Å². The largest absolute Gasteiger partial charge is 0.507 e. The van der Waals surface area contributed by atoms with E-state index in [1.165, 1.54) is 12.1 Å². The van der Waals surface area contributed by atoms with Crippen molar-refractivity contribution in [1.82, 2.24) is 5.32 Å². The van der Waals surface area contributed by atoms with Crippen LogP contribution in [-0.4, -0.2) is 25.2 Å². The summed E-state index contributed by atoms with van der Waals surface area (Å²) >= 11 is 0. The van der Waals surface area contributed by atoms with Crippen LogP contribution in [0.25, 0.3) is 0 Å². The molecule has 0 spiro atoms. The maximum absolute atomic E-state index is 12.8. The Hall–Kier alpha value is -3.92. The van der Waals surface area contributed by atoms with Crippen molar-refractivity contribution in [2.75, 3.05) is 4.72 Å². The SMILES string of the molecule is Cc1cc(N=Nc2ccc(S(=O)(=O)Nc3ccc(CNC(=O)OC(C)(C)C)cc3)cc2)cc(C)c1O. The minimum atomic E-state index is -3.81. The van der Waals surface area contributed by atoms with Crippen LogP contribution in [0.1, 0.15) is 37.5 Å². The van der Waals surface area contributed by atoms with Crippen molar-refractivity contribution in [2.24, 2.45) is 10.2 Å². The monoisotopic (exact) mass is 510 g/mol. The molecule has 0 aliphatic carbocycles. The van der Waals surface area contributed by atoms with E-state index in [-0.39, 0.29) is 17.2 Å². The molecule has 0 heterocycles. The standard InChI is InChI=1S/C26H30N4O5S/c1-17-14-22(15-18(2)24(17)31)29-28-20-10-12-23(13-11-20)36(33,34)30-21-8-6-19(7-9-21)16-27-25(32)35-26(3,4)5/h6-15,30-31H,16H2,1-5H3,(H,27,32). The molecule has 9 nitrogen and oxygen atoms in total. The number of aromatic hydroxyl groups is 1. The van der Waals surface area contributed by atoms with Crippen LogP contribution in [0, 0.1) is 13.8 Å². The first-order chi connectivity index (χ1) is 16.8. The predicted octanol–water partition coefficient (Wildman–Crippen LogP) is 6.25. The average molecular weight is 511 g/mol. The van der Waals surface area contributed by atoms with E-state index in [1.807, 2.05) is 0 Å². The number of hydrogen-bond acceptors (Lipinski definition) is 7. The summed E-state index contributed by atoms with van der Waals surface area (Å²) in [5, 5.41) is 20.8. The molecule has 0 aliphatic rings. The molecule has 190 valence electrons. The lowest BCUT2D eigenvalue weighted by molar-refractivity contribution is 0.0523. The first-order valence-corrected chi connectivity index (χ1v) is 12.7. The van der Waals surface area contributed by atoms with Crippen molar-refractivity contribution >= 4 is 33.2 Å². The van der Waals surface area contributed by atoms with Gasteiger partial charge in [0.25, 0.3) is 10.0 Å². The summed E-state index contributed by atoms with van der Waals surface area (Å²) in [5.41, 5.74) is 3.06. The van der Waals surface area contributed by atoms with Gasteiger partial charge in [0.2, 0.25) is 0 Å². The van der Waals surface area contributed by atoms with Crippen LogP contribution >= 0.6 is 0 Å². The minimum Gasteiger partial charge on any atom is -0.507 e. The third kappa shape index (κ3) is 7.54. The lowest BCUT2D eigenvalue weighted by Gasteiger charge is -2.19. The number of carbonyl (C=O) groups excluding carboxylic acids is 1. The van der Waals surface area contributed by atoms with Gasteiger partial charge in [-0.2, -0.15) is 10.2 Å². The van der Waals surface area contributed by atoms with Crippen molar-refractivity contribution in [1.29, 1.82) is 0 Å². The van der Waals surface area contributed by atoms with Gasteiger partial charge in [0, 0.05) is 12.2 Å². The Labute approximate surface area is 211 Å². The summed E-state index contributed by atoms with van der Waals surface area (Å²) in [6, 6.07) is 16.1. The third-order valence-corrected chi connectivity index (χ3v) is 6.34. The molecule has 0 aliphatic heterocycles. The molecule has 0 saturated carbocycles. The Bertz CT molecular complexity index is 1340. The summed E-state index contributed by atoms with van der Waals surface area (Å²) < 4.78 is 33.3. The molecule has 0 aromatic heterocycles. The Morgan fingerprint density at radius 1 is 0.917 bits per heavy atom. The molecular weight excluding hydrogens is 480 g/mol. The number of azo groups is 1. The maximum atomic E-state index is 12.8. The van der Waals surface area contributed by atoms with E-state index in [1.54, 1.807) is 83.1 Å². The highest BCUT2D eigenvalue weighted by Crippen LogP contribution is 2.28. The number of ether oxygens (including phenoxy) is 1. The van der Waals surface area contributed by atoms with Gasteiger partial charge in [-0.15, -0.1) is 0 Å². The highest BCUT2D eigenvalue weighted by atomic mass is 32.2. The van der Waals surface area contributed by atoms with Crippen LogP contribution in [-0.2, 0) is 21.3 Å². The molecule has 3 aromatic rings. The van der Waals surface area contributed by atoms with Gasteiger partial charge in [0.05, 0.1) is 16.3 Å². The summed E-state index contributed by atoms with van der Waals surface area (Å²) in [5.74, 6) is 0.225. The van der Waals surface area contributed by atoms with E-state index in [0.717, 1.165) is 5.56 Å². The second-order valence-electron chi connectivity index (χ2n) is 9.28. The average Bonchev–Trinajstić information content (AvgIpc) is 2.79. The van der Waals surface area contributed by atoms with Crippen molar-refractivity contribution in [2.45, 2.75) is 51.7 Å². The van der Waals surface area contributed by atoms with Gasteiger partial charge in [-0.1, -0.05) is 12.1 Å². The van der Waals surface area contributed by atoms with Crippen molar-refractivity contribution in [3.8, 4) is 5.75 Å². The number of phenolic OH excluding ortho intramolecular Hbond substituents is 1. The first kappa shape index (κ1) is 26.7. The number of rotatable bonds is 7. The quantitative estimate of drug-likeness (QED) is 0.324. The molecule has 3 rings (SSSR count). The topological polar surface area (TPSA) is 129 Å². The smallest absolute Gasteiger partial charge is 0.407 e. The number of phenols is 1. The molecule has 0 fully saturated rings. The van der Waals surface area contributed by atoms with Crippen molar-refractivity contribution in [3.05, 3.63) is 77.4 Å². The first-order valence-electron chi connectivity index (χ1n) is 11.2. The van der Waals surface area contributed by atoms with Crippen LogP contribution in [0.2, 0.25) is 0 Å². The number of alkyl carbamates (subject to hydrolysis) is 1. The fraction of sp³-hybridized carbons (Fsp3) is 0.269. The van der Waals surface area contributed by atoms with Gasteiger partial charge in [-0.05, 0) is 99.8 Å². The molecule has 0 saturated heterocycles. The van der Waals surface area contributed by atoms with Gasteiger partial charge in [0.15, 0.2) is 0 Å². The fourth-order valence-electron chi connectivity index (χ4n) is 3.19. The highest BCUT2D eigenvalue weighted by molar-refractivity contribution is 7.92. The third-order valence-electron chi connectivity index (χ3n) is 4.95. The number of hydrogen-bond donors (Lipinski definition) is 3. The second-order valence-corrected chi connectivity index (χ2v) is 11.0. The number of benzene rings is 3. The molecule has 3 N–H and O–H groups in total. The normalized spacial score (nSPS) is 11.9. The van der Waals surface area contributed by atoms with E-state index in [9.17, 15) is 18.3 Å². The van der Waals surface area contributed by atoms with Crippen LogP contribution in [0.15, 0.2) is 75.8 Å². The highest BCUT2D eigenvalue weighted by Gasteiger charge is 2.16. The van der Waals surface area contributed by atoms with E-state index in [0.29, 0.717) is 28.2 Å². The lowest BCUT2D eigenvalue weighted by Crippen LogP contribution is -2.32. The predicted molar refractivity (Wildman–Crippen MR) is 139 cm³/mol. The lowest BCUT2D eigenvalue weighted by atomic mass is 10.1. The molecule has 0 unspecified atom stereocenters. The van der Waals surface area contributed by atoms with E-state index in [4.69, 9.17) is 4.74 Å². The zero-order valence-electron chi connectivity index (χ0n) is 20.9. The van der Waals surface area contributed by atoms with Crippen LogP contribution in [0.5, 0.6) is 5.75 Å². The number of sulfonamides is 1. The molecule has 3 aromatic carbocycles. The van der Waals surface area contributed by atoms with E-state index in [2.05, 4.69) is 20.3 Å². The molecular formula is C26H30N4O5S. The van der Waals surface area contributed by atoms with Gasteiger partial charge < -0.3 is 15.2 Å². The Kier molecular flexibility index (Phi) is 7.99. The molecule has 36 heavy (non-hydrogen) atoms. The number of nitrogens with zero attached hydrogens (tertiary/aromatic N) is 2. The van der Waals surface area contributed by atoms with Gasteiger partial charge in [0.1, 0.15) is 11.4 Å². The van der Waals surface area contributed by atoms with E-state index >= 15 is 0 Å². The number of carbonyl (C=O) groups is 1.